The third-order valence-corrected chi connectivity index (χ3v) is 3.40. The highest BCUT2D eigenvalue weighted by molar-refractivity contribution is 7.71. The molecule has 70 valence electrons. The Balaban J connectivity index is 2.02. The van der Waals surface area contributed by atoms with Gasteiger partial charge in [-0.05, 0) is 37.9 Å². The minimum atomic E-state index is 0.668. The molecule has 13 heavy (non-hydrogen) atoms. The number of rotatable bonds is 2. The lowest BCUT2D eigenvalue weighted by molar-refractivity contribution is 0.386. The molecule has 2 aliphatic rings. The molecule has 0 saturated heterocycles. The van der Waals surface area contributed by atoms with Crippen molar-refractivity contribution in [3.63, 3.8) is 0 Å². The number of nitrogens with zero attached hydrogens (tertiary/aromatic N) is 2. The van der Waals surface area contributed by atoms with Crippen molar-refractivity contribution in [2.24, 2.45) is 0 Å². The molecule has 0 radical (unpaired) electrons. The summed E-state index contributed by atoms with van der Waals surface area (Å²) in [5, 5.41) is 7.27. The predicted molar refractivity (Wildman–Crippen MR) is 52.3 cm³/mol. The van der Waals surface area contributed by atoms with Crippen molar-refractivity contribution < 1.29 is 0 Å². The van der Waals surface area contributed by atoms with Gasteiger partial charge in [0.15, 0.2) is 4.77 Å². The van der Waals surface area contributed by atoms with Crippen LogP contribution in [0, 0.1) is 4.77 Å². The number of hydrogen-bond acceptors (Lipinski definition) is 2. The van der Waals surface area contributed by atoms with Gasteiger partial charge >= 0.3 is 0 Å². The highest BCUT2D eigenvalue weighted by Gasteiger charge is 2.32. The van der Waals surface area contributed by atoms with Gasteiger partial charge in [0.05, 0.1) is 0 Å². The monoisotopic (exact) mass is 195 g/mol. The summed E-state index contributed by atoms with van der Waals surface area (Å²) >= 11 is 5.23. The smallest absolute Gasteiger partial charge is 0.195 e. The summed E-state index contributed by atoms with van der Waals surface area (Å²) in [7, 11) is 0. The van der Waals surface area contributed by atoms with E-state index in [0.29, 0.717) is 12.0 Å². The molecule has 3 nitrogen and oxygen atoms in total. The standard InChI is InChI=1S/C9H13N3S/c13-9-11-10-8(6-2-1-3-6)12(9)7-4-5-7/h6-7H,1-5H2,(H,11,13). The van der Waals surface area contributed by atoms with Crippen LogP contribution in [0.1, 0.15) is 49.9 Å². The Bertz CT molecular complexity index is 370. The van der Waals surface area contributed by atoms with E-state index in [1.807, 2.05) is 0 Å². The van der Waals surface area contributed by atoms with Gasteiger partial charge in [-0.2, -0.15) is 5.10 Å². The van der Waals surface area contributed by atoms with E-state index in [9.17, 15) is 0 Å². The van der Waals surface area contributed by atoms with E-state index in [1.54, 1.807) is 0 Å². The lowest BCUT2D eigenvalue weighted by atomic mass is 9.85. The van der Waals surface area contributed by atoms with Crippen LogP contribution in [-0.2, 0) is 0 Å². The molecule has 0 bridgehead atoms. The van der Waals surface area contributed by atoms with Crippen molar-refractivity contribution in [1.82, 2.24) is 14.8 Å². The average molecular weight is 195 g/mol. The van der Waals surface area contributed by atoms with Crippen molar-refractivity contribution in [2.45, 2.75) is 44.1 Å². The first kappa shape index (κ1) is 7.74. The molecule has 1 heterocycles. The highest BCUT2D eigenvalue weighted by atomic mass is 32.1. The van der Waals surface area contributed by atoms with Gasteiger partial charge in [-0.1, -0.05) is 6.42 Å². The maximum Gasteiger partial charge on any atom is 0.195 e. The Kier molecular flexibility index (Phi) is 1.59. The summed E-state index contributed by atoms with van der Waals surface area (Å²) in [6.07, 6.45) is 6.52. The molecule has 4 heteroatoms. The van der Waals surface area contributed by atoms with Crippen molar-refractivity contribution in [3.05, 3.63) is 10.6 Å². The molecule has 0 aromatic carbocycles. The fourth-order valence-electron chi connectivity index (χ4n) is 1.96. The third-order valence-electron chi connectivity index (χ3n) is 3.11. The second-order valence-electron chi connectivity index (χ2n) is 4.12. The molecular formula is C9H13N3S. The zero-order valence-electron chi connectivity index (χ0n) is 7.49. The summed E-state index contributed by atoms with van der Waals surface area (Å²) in [5.41, 5.74) is 0. The van der Waals surface area contributed by atoms with E-state index in [2.05, 4.69) is 14.8 Å². The van der Waals surface area contributed by atoms with Crippen LogP contribution in [0.15, 0.2) is 0 Å². The van der Waals surface area contributed by atoms with Gasteiger partial charge < -0.3 is 4.57 Å². The van der Waals surface area contributed by atoms with Gasteiger partial charge in [0.1, 0.15) is 5.82 Å². The van der Waals surface area contributed by atoms with E-state index >= 15 is 0 Å². The quantitative estimate of drug-likeness (QED) is 0.736. The fraction of sp³-hybridized carbons (Fsp3) is 0.778. The fourth-order valence-corrected chi connectivity index (χ4v) is 2.25. The zero-order chi connectivity index (χ0) is 8.84. The molecule has 0 unspecified atom stereocenters. The Morgan fingerprint density at radius 3 is 2.62 bits per heavy atom. The van der Waals surface area contributed by atoms with Crippen molar-refractivity contribution in [3.8, 4) is 0 Å². The van der Waals surface area contributed by atoms with Crippen molar-refractivity contribution in [2.75, 3.05) is 0 Å². The van der Waals surface area contributed by atoms with E-state index < -0.39 is 0 Å². The van der Waals surface area contributed by atoms with E-state index in [-0.39, 0.29) is 0 Å². The van der Waals surface area contributed by atoms with Crippen LogP contribution in [-0.4, -0.2) is 14.8 Å². The van der Waals surface area contributed by atoms with Gasteiger partial charge in [0.2, 0.25) is 0 Å². The Labute approximate surface area is 82.2 Å². The van der Waals surface area contributed by atoms with Gasteiger partial charge in [-0.15, -0.1) is 0 Å². The Morgan fingerprint density at radius 1 is 1.31 bits per heavy atom. The van der Waals surface area contributed by atoms with Gasteiger partial charge in [-0.25, -0.2) is 0 Å². The molecule has 0 spiro atoms. The second-order valence-corrected chi connectivity index (χ2v) is 4.50. The topological polar surface area (TPSA) is 33.6 Å². The summed E-state index contributed by atoms with van der Waals surface area (Å²) in [5.74, 6) is 1.91. The van der Waals surface area contributed by atoms with Crippen LogP contribution < -0.4 is 0 Å². The lowest BCUT2D eigenvalue weighted by Crippen LogP contribution is -2.15. The summed E-state index contributed by atoms with van der Waals surface area (Å²) < 4.78 is 3.07. The SMILES string of the molecule is S=c1[nH]nc(C2CCC2)n1C1CC1. The van der Waals surface area contributed by atoms with Gasteiger partial charge in [0, 0.05) is 12.0 Å². The molecule has 2 aliphatic carbocycles. The first-order valence-corrected chi connectivity index (χ1v) is 5.44. The van der Waals surface area contributed by atoms with E-state index in [4.69, 9.17) is 12.2 Å². The molecule has 0 aliphatic heterocycles. The maximum atomic E-state index is 5.23. The largest absolute Gasteiger partial charge is 0.301 e. The molecular weight excluding hydrogens is 182 g/mol. The minimum Gasteiger partial charge on any atom is -0.301 e. The number of aromatic amines is 1. The van der Waals surface area contributed by atoms with E-state index in [0.717, 1.165) is 4.77 Å². The predicted octanol–water partition coefficient (Wildman–Crippen LogP) is 2.54. The number of aromatic nitrogens is 3. The zero-order valence-corrected chi connectivity index (χ0v) is 8.31. The number of H-pyrrole nitrogens is 1. The first-order chi connectivity index (χ1) is 6.36. The van der Waals surface area contributed by atoms with Crippen LogP contribution in [0.5, 0.6) is 0 Å². The molecule has 0 amide bonds. The molecule has 1 N–H and O–H groups in total. The molecule has 0 atom stereocenters. The summed E-state index contributed by atoms with van der Waals surface area (Å²) in [6, 6.07) is 0.668. The summed E-state index contributed by atoms with van der Waals surface area (Å²) in [4.78, 5) is 0. The molecule has 3 rings (SSSR count). The van der Waals surface area contributed by atoms with Crippen LogP contribution in [0.3, 0.4) is 0 Å². The normalized spacial score (nSPS) is 23.1. The van der Waals surface area contributed by atoms with Gasteiger partial charge in [-0.3, -0.25) is 5.10 Å². The van der Waals surface area contributed by atoms with Crippen LogP contribution in [0.2, 0.25) is 0 Å². The molecule has 1 aromatic rings. The van der Waals surface area contributed by atoms with Crippen LogP contribution >= 0.6 is 12.2 Å². The van der Waals surface area contributed by atoms with Crippen molar-refractivity contribution >= 4 is 12.2 Å². The Hall–Kier alpha value is -0.640. The number of hydrogen-bond donors (Lipinski definition) is 1. The maximum absolute atomic E-state index is 5.23. The highest BCUT2D eigenvalue weighted by Crippen LogP contribution is 2.41. The first-order valence-electron chi connectivity index (χ1n) is 5.03. The molecule has 1 aromatic heterocycles. The Morgan fingerprint density at radius 2 is 2.08 bits per heavy atom. The lowest BCUT2D eigenvalue weighted by Gasteiger charge is -2.24. The molecule has 2 fully saturated rings. The third kappa shape index (κ3) is 1.15. The van der Waals surface area contributed by atoms with Crippen molar-refractivity contribution in [1.29, 1.82) is 0 Å². The van der Waals surface area contributed by atoms with Gasteiger partial charge in [0.25, 0.3) is 0 Å². The second kappa shape index (κ2) is 2.67. The average Bonchev–Trinajstić information content (AvgIpc) is 2.76. The van der Waals surface area contributed by atoms with Crippen LogP contribution in [0.4, 0.5) is 0 Å². The van der Waals surface area contributed by atoms with Crippen LogP contribution in [0.25, 0.3) is 0 Å². The van der Waals surface area contributed by atoms with E-state index in [1.165, 1.54) is 37.9 Å². The minimum absolute atomic E-state index is 0.668. The molecule has 2 saturated carbocycles. The number of nitrogens with one attached hydrogen (secondary N) is 1. The summed E-state index contributed by atoms with van der Waals surface area (Å²) in [6.45, 7) is 0.